The van der Waals surface area contributed by atoms with Crippen LogP contribution in [0, 0.1) is 0 Å². The highest BCUT2D eigenvalue weighted by molar-refractivity contribution is 5.84. The molecule has 138 valence electrons. The Morgan fingerprint density at radius 1 is 1.04 bits per heavy atom. The summed E-state index contributed by atoms with van der Waals surface area (Å²) in [5, 5.41) is 2.36. The Morgan fingerprint density at radius 3 is 2.86 bits per heavy atom. The summed E-state index contributed by atoms with van der Waals surface area (Å²) in [5.74, 6) is 0.579. The van der Waals surface area contributed by atoms with Gasteiger partial charge in [-0.2, -0.15) is 0 Å². The molecule has 0 unspecified atom stereocenters. The summed E-state index contributed by atoms with van der Waals surface area (Å²) in [7, 11) is 0. The molecule has 0 radical (unpaired) electrons. The topological polar surface area (TPSA) is 74.8 Å². The fourth-order valence-electron chi connectivity index (χ4n) is 3.84. The molecule has 1 aliphatic heterocycles. The zero-order valence-corrected chi connectivity index (χ0v) is 15.3. The van der Waals surface area contributed by atoms with E-state index in [0.717, 1.165) is 35.3 Å². The maximum Gasteiger partial charge on any atom is 0.254 e. The highest BCUT2D eigenvalue weighted by Crippen LogP contribution is 2.23. The molecule has 0 amide bonds. The van der Waals surface area contributed by atoms with E-state index in [2.05, 4.69) is 44.1 Å². The van der Waals surface area contributed by atoms with Crippen LogP contribution in [-0.4, -0.2) is 31.4 Å². The number of benzene rings is 1. The number of hydrogen-bond acceptors (Lipinski definition) is 5. The normalized spacial score (nSPS) is 14.1. The second kappa shape index (κ2) is 6.98. The van der Waals surface area contributed by atoms with Gasteiger partial charge in [0.25, 0.3) is 5.56 Å². The van der Waals surface area contributed by atoms with Gasteiger partial charge in [0.05, 0.1) is 5.69 Å². The Balaban J connectivity index is 1.46. The summed E-state index contributed by atoms with van der Waals surface area (Å²) in [6, 6.07) is 12.1. The molecule has 1 aliphatic rings. The molecule has 4 aromatic rings. The number of pyridine rings is 2. The molecule has 0 saturated carbocycles. The fourth-order valence-corrected chi connectivity index (χ4v) is 3.84. The number of H-pyrrole nitrogens is 1. The van der Waals surface area contributed by atoms with E-state index in [1.807, 2.05) is 24.5 Å². The van der Waals surface area contributed by atoms with Crippen molar-refractivity contribution in [3.05, 3.63) is 88.4 Å². The van der Waals surface area contributed by atoms with Crippen LogP contribution in [0.3, 0.4) is 0 Å². The van der Waals surface area contributed by atoms with Gasteiger partial charge in [-0.3, -0.25) is 19.7 Å². The van der Waals surface area contributed by atoms with Crippen LogP contribution in [0.2, 0.25) is 0 Å². The van der Waals surface area contributed by atoms with Crippen molar-refractivity contribution in [2.45, 2.75) is 19.5 Å². The summed E-state index contributed by atoms with van der Waals surface area (Å²) in [5.41, 5.74) is 3.70. The third kappa shape index (κ3) is 3.08. The maximum atomic E-state index is 12.6. The zero-order chi connectivity index (χ0) is 18.9. The summed E-state index contributed by atoms with van der Waals surface area (Å²) in [6.07, 6.45) is 7.86. The third-order valence-corrected chi connectivity index (χ3v) is 5.25. The van der Waals surface area contributed by atoms with Crippen LogP contribution in [0.5, 0.6) is 0 Å². The molecule has 0 atom stereocenters. The largest absolute Gasteiger partial charge is 0.306 e. The maximum absolute atomic E-state index is 12.6. The van der Waals surface area contributed by atoms with E-state index >= 15 is 0 Å². The fraction of sp³-hybridized carbons (Fsp3) is 0.182. The monoisotopic (exact) mass is 369 g/mol. The number of aromatic amines is 1. The van der Waals surface area contributed by atoms with Gasteiger partial charge in [-0.15, -0.1) is 0 Å². The summed E-state index contributed by atoms with van der Waals surface area (Å²) >= 11 is 0. The Kier molecular flexibility index (Phi) is 4.18. The van der Waals surface area contributed by atoms with Gasteiger partial charge in [0.15, 0.2) is 0 Å². The molecule has 0 aliphatic carbocycles. The quantitative estimate of drug-likeness (QED) is 0.601. The van der Waals surface area contributed by atoms with Gasteiger partial charge in [-0.05, 0) is 35.6 Å². The van der Waals surface area contributed by atoms with Gasteiger partial charge in [0, 0.05) is 60.9 Å². The molecular formula is C22H19N5O. The van der Waals surface area contributed by atoms with Crippen LogP contribution in [0.25, 0.3) is 22.2 Å². The number of nitrogens with one attached hydrogen (secondary N) is 1. The van der Waals surface area contributed by atoms with Gasteiger partial charge in [-0.1, -0.05) is 18.2 Å². The summed E-state index contributed by atoms with van der Waals surface area (Å²) in [4.78, 5) is 30.9. The molecule has 3 aromatic heterocycles. The standard InChI is InChI=1S/C22H19N5O/c28-22-19-7-10-27(13-17-4-1-3-15-11-24-9-6-18(15)17)14-20(19)25-21(26-22)16-5-2-8-23-12-16/h1-6,8-9,11-12H,7,10,13-14H2,(H,25,26,28). The number of aromatic nitrogens is 4. The molecule has 28 heavy (non-hydrogen) atoms. The Hall–Kier alpha value is -3.38. The van der Waals surface area contributed by atoms with Crippen LogP contribution in [-0.2, 0) is 19.5 Å². The first kappa shape index (κ1) is 16.8. The molecule has 4 heterocycles. The highest BCUT2D eigenvalue weighted by atomic mass is 16.1. The lowest BCUT2D eigenvalue weighted by atomic mass is 10.0. The molecule has 6 nitrogen and oxygen atoms in total. The van der Waals surface area contributed by atoms with E-state index in [9.17, 15) is 4.79 Å². The van der Waals surface area contributed by atoms with Crippen LogP contribution in [0.1, 0.15) is 16.8 Å². The first-order valence-electron chi connectivity index (χ1n) is 9.34. The first-order chi connectivity index (χ1) is 13.8. The third-order valence-electron chi connectivity index (χ3n) is 5.25. The Bertz CT molecular complexity index is 1200. The SMILES string of the molecule is O=c1[nH]c(-c2cccnc2)nc2c1CCN(Cc1cccc3cnccc13)C2. The molecule has 1 N–H and O–H groups in total. The Morgan fingerprint density at radius 2 is 1.96 bits per heavy atom. The summed E-state index contributed by atoms with van der Waals surface area (Å²) in [6.45, 7) is 2.32. The molecular weight excluding hydrogens is 350 g/mol. The Labute approximate surface area is 161 Å². The predicted octanol–water partition coefficient (Wildman–Crippen LogP) is 2.94. The minimum atomic E-state index is -0.0419. The lowest BCUT2D eigenvalue weighted by molar-refractivity contribution is 0.241. The van der Waals surface area contributed by atoms with Gasteiger partial charge in [0.2, 0.25) is 0 Å². The average molecular weight is 369 g/mol. The lowest BCUT2D eigenvalue weighted by Crippen LogP contribution is -2.35. The second-order valence-electron chi connectivity index (χ2n) is 7.06. The molecule has 0 fully saturated rings. The molecule has 5 rings (SSSR count). The van der Waals surface area contributed by atoms with E-state index in [0.29, 0.717) is 18.8 Å². The molecule has 0 bridgehead atoms. The van der Waals surface area contributed by atoms with Crippen LogP contribution < -0.4 is 5.56 Å². The van der Waals surface area contributed by atoms with E-state index in [1.165, 1.54) is 10.9 Å². The number of fused-ring (bicyclic) bond motifs is 2. The van der Waals surface area contributed by atoms with Gasteiger partial charge < -0.3 is 4.98 Å². The van der Waals surface area contributed by atoms with E-state index in [4.69, 9.17) is 4.98 Å². The van der Waals surface area contributed by atoms with Crippen molar-refractivity contribution < 1.29 is 0 Å². The van der Waals surface area contributed by atoms with Crippen LogP contribution in [0.4, 0.5) is 0 Å². The van der Waals surface area contributed by atoms with E-state index < -0.39 is 0 Å². The van der Waals surface area contributed by atoms with E-state index in [-0.39, 0.29) is 5.56 Å². The number of hydrogen-bond donors (Lipinski definition) is 1. The number of nitrogens with zero attached hydrogens (tertiary/aromatic N) is 4. The van der Waals surface area contributed by atoms with Crippen molar-refractivity contribution in [3.63, 3.8) is 0 Å². The lowest BCUT2D eigenvalue weighted by Gasteiger charge is -2.28. The first-order valence-corrected chi connectivity index (χ1v) is 9.34. The predicted molar refractivity (Wildman–Crippen MR) is 108 cm³/mol. The van der Waals surface area contributed by atoms with Crippen molar-refractivity contribution in [1.29, 1.82) is 0 Å². The van der Waals surface area contributed by atoms with Crippen molar-refractivity contribution in [3.8, 4) is 11.4 Å². The summed E-state index contributed by atoms with van der Waals surface area (Å²) < 4.78 is 0. The van der Waals surface area contributed by atoms with Crippen LogP contribution >= 0.6 is 0 Å². The van der Waals surface area contributed by atoms with Gasteiger partial charge in [-0.25, -0.2) is 4.98 Å². The molecule has 0 spiro atoms. The van der Waals surface area contributed by atoms with Gasteiger partial charge in [0.1, 0.15) is 5.82 Å². The van der Waals surface area contributed by atoms with Crippen molar-refractivity contribution in [2.75, 3.05) is 6.54 Å². The van der Waals surface area contributed by atoms with E-state index in [1.54, 1.807) is 12.4 Å². The minimum Gasteiger partial charge on any atom is -0.306 e. The van der Waals surface area contributed by atoms with Gasteiger partial charge >= 0.3 is 0 Å². The smallest absolute Gasteiger partial charge is 0.254 e. The average Bonchev–Trinajstić information content (AvgIpc) is 2.74. The van der Waals surface area contributed by atoms with Crippen molar-refractivity contribution in [2.24, 2.45) is 0 Å². The molecule has 1 aromatic carbocycles. The zero-order valence-electron chi connectivity index (χ0n) is 15.3. The minimum absolute atomic E-state index is 0.0419. The molecule has 0 saturated heterocycles. The van der Waals surface area contributed by atoms with Crippen LogP contribution in [0.15, 0.2) is 66.0 Å². The van der Waals surface area contributed by atoms with Crippen molar-refractivity contribution in [1.82, 2.24) is 24.8 Å². The highest BCUT2D eigenvalue weighted by Gasteiger charge is 2.22. The second-order valence-corrected chi connectivity index (χ2v) is 7.06. The number of rotatable bonds is 3. The molecule has 6 heteroatoms. The van der Waals surface area contributed by atoms with Crippen molar-refractivity contribution >= 4 is 10.8 Å².